The first-order valence-corrected chi connectivity index (χ1v) is 6.76. The molecule has 0 unspecified atom stereocenters. The number of rotatable bonds is 4. The van der Waals surface area contributed by atoms with Gasteiger partial charge in [-0.2, -0.15) is 4.37 Å². The van der Waals surface area contributed by atoms with E-state index in [0.717, 1.165) is 21.6 Å². The lowest BCUT2D eigenvalue weighted by atomic mass is 10.2. The van der Waals surface area contributed by atoms with E-state index in [4.69, 9.17) is 10.9 Å². The van der Waals surface area contributed by atoms with Crippen LogP contribution in [0.2, 0.25) is 0 Å². The van der Waals surface area contributed by atoms with Crippen LogP contribution in [0.5, 0.6) is 0 Å². The van der Waals surface area contributed by atoms with Crippen molar-refractivity contribution in [3.63, 3.8) is 0 Å². The minimum Gasteiger partial charge on any atom is -0.409 e. The minimum absolute atomic E-state index is 0.0609. The molecule has 0 atom stereocenters. The lowest BCUT2D eigenvalue weighted by molar-refractivity contribution is 0.318. The third-order valence-electron chi connectivity index (χ3n) is 2.10. The molecule has 0 aliphatic carbocycles. The van der Waals surface area contributed by atoms with Crippen LogP contribution in [0.3, 0.4) is 0 Å². The second-order valence-electron chi connectivity index (χ2n) is 3.30. The van der Waals surface area contributed by atoms with Crippen molar-refractivity contribution >= 4 is 29.1 Å². The highest BCUT2D eigenvalue weighted by molar-refractivity contribution is 8.00. The van der Waals surface area contributed by atoms with Crippen molar-refractivity contribution in [1.82, 2.24) is 14.3 Å². The van der Waals surface area contributed by atoms with E-state index in [-0.39, 0.29) is 5.84 Å². The molecule has 0 bridgehead atoms. The number of hydrogen-bond acceptors (Lipinski definition) is 7. The maximum atomic E-state index is 8.62. The summed E-state index contributed by atoms with van der Waals surface area (Å²) < 4.78 is 5.03. The summed E-state index contributed by atoms with van der Waals surface area (Å²) >= 11 is 2.75. The van der Waals surface area contributed by atoms with Gasteiger partial charge in [-0.25, -0.2) is 9.97 Å². The van der Waals surface area contributed by atoms with Gasteiger partial charge in [-0.3, -0.25) is 0 Å². The number of hydrogen-bond donors (Lipinski definition) is 2. The van der Waals surface area contributed by atoms with Crippen molar-refractivity contribution < 1.29 is 5.21 Å². The van der Waals surface area contributed by atoms with Crippen molar-refractivity contribution in [1.29, 1.82) is 0 Å². The molecular formula is C10H11N5OS2. The fraction of sp³-hybridized carbons (Fsp3) is 0.200. The standard InChI is InChI=1S/C10H11N5OS2/c1-2-7-13-10(18-15-7)17-8-5-6(3-4-12-8)9(11)14-16/h3-5,16H,2H2,1H3,(H2,11,14). The number of aryl methyl sites for hydroxylation is 1. The number of aromatic nitrogens is 3. The largest absolute Gasteiger partial charge is 0.409 e. The zero-order valence-electron chi connectivity index (χ0n) is 9.57. The van der Waals surface area contributed by atoms with E-state index >= 15 is 0 Å². The minimum atomic E-state index is 0.0609. The van der Waals surface area contributed by atoms with E-state index in [1.165, 1.54) is 23.3 Å². The molecule has 0 saturated carbocycles. The Hall–Kier alpha value is -1.67. The van der Waals surface area contributed by atoms with E-state index in [9.17, 15) is 0 Å². The van der Waals surface area contributed by atoms with Crippen LogP contribution in [0.1, 0.15) is 18.3 Å². The van der Waals surface area contributed by atoms with E-state index in [1.54, 1.807) is 18.3 Å². The number of pyridine rings is 1. The van der Waals surface area contributed by atoms with Crippen molar-refractivity contribution in [3.8, 4) is 0 Å². The molecule has 2 aromatic heterocycles. The van der Waals surface area contributed by atoms with Gasteiger partial charge in [0.2, 0.25) is 0 Å². The van der Waals surface area contributed by atoms with Gasteiger partial charge in [0.05, 0.1) is 0 Å². The average Bonchev–Trinajstić information content (AvgIpc) is 2.86. The fourth-order valence-electron chi connectivity index (χ4n) is 1.19. The Kier molecular flexibility index (Phi) is 4.11. The summed E-state index contributed by atoms with van der Waals surface area (Å²) in [7, 11) is 0. The Morgan fingerprint density at radius 1 is 1.61 bits per heavy atom. The van der Waals surface area contributed by atoms with Crippen LogP contribution >= 0.6 is 23.3 Å². The maximum Gasteiger partial charge on any atom is 0.176 e. The van der Waals surface area contributed by atoms with E-state index in [0.29, 0.717) is 5.56 Å². The molecule has 0 radical (unpaired) electrons. The molecule has 0 aromatic carbocycles. The van der Waals surface area contributed by atoms with Gasteiger partial charge in [0.1, 0.15) is 10.9 Å². The van der Waals surface area contributed by atoms with Gasteiger partial charge in [-0.05, 0) is 35.4 Å². The predicted molar refractivity (Wildman–Crippen MR) is 70.2 cm³/mol. The molecule has 2 heterocycles. The first-order chi connectivity index (χ1) is 8.72. The van der Waals surface area contributed by atoms with Gasteiger partial charge in [0, 0.05) is 18.2 Å². The summed E-state index contributed by atoms with van der Waals surface area (Å²) in [6.45, 7) is 2.01. The molecule has 0 aliphatic rings. The smallest absolute Gasteiger partial charge is 0.176 e. The molecule has 6 nitrogen and oxygen atoms in total. The molecule has 0 fully saturated rings. The summed E-state index contributed by atoms with van der Waals surface area (Å²) in [5, 5.41) is 12.3. The van der Waals surface area contributed by atoms with E-state index in [1.807, 2.05) is 6.92 Å². The number of oxime groups is 1. The number of amidine groups is 1. The maximum absolute atomic E-state index is 8.62. The first-order valence-electron chi connectivity index (χ1n) is 5.17. The summed E-state index contributed by atoms with van der Waals surface area (Å²) in [5.74, 6) is 0.890. The SMILES string of the molecule is CCc1nsc(Sc2cc(C(N)=NO)ccn2)n1. The van der Waals surface area contributed by atoms with Crippen LogP contribution in [0.25, 0.3) is 0 Å². The zero-order chi connectivity index (χ0) is 13.0. The van der Waals surface area contributed by atoms with Gasteiger partial charge in [0.15, 0.2) is 10.2 Å². The highest BCUT2D eigenvalue weighted by Gasteiger charge is 2.07. The van der Waals surface area contributed by atoms with Gasteiger partial charge in [-0.1, -0.05) is 12.1 Å². The highest BCUT2D eigenvalue weighted by atomic mass is 32.2. The van der Waals surface area contributed by atoms with Crippen LogP contribution in [0.4, 0.5) is 0 Å². The van der Waals surface area contributed by atoms with E-state index < -0.39 is 0 Å². The van der Waals surface area contributed by atoms with Crippen LogP contribution in [-0.2, 0) is 6.42 Å². The molecule has 18 heavy (non-hydrogen) atoms. The predicted octanol–water partition coefficient (Wildman–Crippen LogP) is 1.74. The van der Waals surface area contributed by atoms with Gasteiger partial charge < -0.3 is 10.9 Å². The third kappa shape index (κ3) is 2.96. The lowest BCUT2D eigenvalue weighted by Gasteiger charge is -2.00. The topological polar surface area (TPSA) is 97.3 Å². The van der Waals surface area contributed by atoms with Crippen molar-refractivity contribution in [2.24, 2.45) is 10.9 Å². The number of nitrogens with two attached hydrogens (primary N) is 1. The third-order valence-corrected chi connectivity index (χ3v) is 3.82. The Morgan fingerprint density at radius 2 is 2.44 bits per heavy atom. The zero-order valence-corrected chi connectivity index (χ0v) is 11.2. The Morgan fingerprint density at radius 3 is 3.11 bits per heavy atom. The molecule has 2 aromatic rings. The number of nitrogens with zero attached hydrogens (tertiary/aromatic N) is 4. The molecule has 2 rings (SSSR count). The van der Waals surface area contributed by atoms with Crippen LogP contribution in [0, 0.1) is 0 Å². The van der Waals surface area contributed by atoms with Crippen molar-refractivity contribution in [3.05, 3.63) is 29.7 Å². The van der Waals surface area contributed by atoms with Crippen LogP contribution < -0.4 is 5.73 Å². The van der Waals surface area contributed by atoms with E-state index in [2.05, 4.69) is 19.5 Å². The van der Waals surface area contributed by atoms with Crippen LogP contribution in [-0.4, -0.2) is 25.4 Å². The molecule has 3 N–H and O–H groups in total. The molecule has 8 heteroatoms. The molecule has 94 valence electrons. The Balaban J connectivity index is 2.19. The summed E-state index contributed by atoms with van der Waals surface area (Å²) in [6.07, 6.45) is 2.42. The lowest BCUT2D eigenvalue weighted by Crippen LogP contribution is -2.13. The fourth-order valence-corrected chi connectivity index (χ4v) is 2.84. The summed E-state index contributed by atoms with van der Waals surface area (Å²) in [6, 6.07) is 3.42. The summed E-state index contributed by atoms with van der Waals surface area (Å²) in [4.78, 5) is 8.53. The van der Waals surface area contributed by atoms with Crippen molar-refractivity contribution in [2.75, 3.05) is 0 Å². The monoisotopic (exact) mass is 281 g/mol. The molecule has 0 amide bonds. The molecule has 0 saturated heterocycles. The Labute approximate surface area is 112 Å². The molecular weight excluding hydrogens is 270 g/mol. The van der Waals surface area contributed by atoms with Gasteiger partial charge >= 0.3 is 0 Å². The first kappa shape index (κ1) is 12.8. The summed E-state index contributed by atoms with van der Waals surface area (Å²) in [5.41, 5.74) is 6.14. The molecule has 0 aliphatic heterocycles. The van der Waals surface area contributed by atoms with Gasteiger partial charge in [0.25, 0.3) is 0 Å². The second kappa shape index (κ2) is 5.78. The Bertz CT molecular complexity index is 569. The second-order valence-corrected chi connectivity index (χ2v) is 5.32. The molecule has 0 spiro atoms. The van der Waals surface area contributed by atoms with Crippen LogP contribution in [0.15, 0.2) is 32.9 Å². The van der Waals surface area contributed by atoms with Crippen molar-refractivity contribution in [2.45, 2.75) is 22.7 Å². The normalized spacial score (nSPS) is 11.7. The highest BCUT2D eigenvalue weighted by Crippen LogP contribution is 2.27. The quantitative estimate of drug-likeness (QED) is 0.383. The van der Waals surface area contributed by atoms with Gasteiger partial charge in [-0.15, -0.1) is 0 Å². The average molecular weight is 281 g/mol.